The fourth-order valence-corrected chi connectivity index (χ4v) is 2.07. The molecule has 0 bridgehead atoms. The van der Waals surface area contributed by atoms with Gasteiger partial charge in [-0.05, 0) is 6.42 Å². The zero-order chi connectivity index (χ0) is 11.3. The molecule has 0 unspecified atom stereocenters. The van der Waals surface area contributed by atoms with Gasteiger partial charge in [0.2, 0.25) is 0 Å². The largest absolute Gasteiger partial charge is 0.476 e. The number of hydrogen-bond acceptors (Lipinski definition) is 5. The van der Waals surface area contributed by atoms with Gasteiger partial charge in [0.05, 0.1) is 0 Å². The Morgan fingerprint density at radius 3 is 2.47 bits per heavy atom. The first-order valence-corrected chi connectivity index (χ1v) is 6.66. The second-order valence-corrected chi connectivity index (χ2v) is 5.29. The minimum Gasteiger partial charge on any atom is -0.341 e. The standard InChI is InChI=1S/C9H19O5P/c1-4-5-6-7-8-9(13-8)14-15(10,11-2)12-3/h8-9H,4-7H2,1-3H3/t8-,9-/m0/s1. The third-order valence-corrected chi connectivity index (χ3v) is 3.67. The molecular weight excluding hydrogens is 219 g/mol. The molecule has 0 saturated carbocycles. The summed E-state index contributed by atoms with van der Waals surface area (Å²) in [5, 5.41) is 0. The monoisotopic (exact) mass is 238 g/mol. The molecule has 1 rings (SSSR count). The van der Waals surface area contributed by atoms with Crippen molar-refractivity contribution in [3.63, 3.8) is 0 Å². The van der Waals surface area contributed by atoms with Crippen LogP contribution < -0.4 is 0 Å². The molecule has 1 saturated heterocycles. The van der Waals surface area contributed by atoms with Crippen LogP contribution in [0, 0.1) is 0 Å². The Balaban J connectivity index is 2.18. The summed E-state index contributed by atoms with van der Waals surface area (Å²) in [7, 11) is -0.795. The number of phosphoric acid groups is 1. The van der Waals surface area contributed by atoms with Gasteiger partial charge in [-0.25, -0.2) is 4.57 Å². The van der Waals surface area contributed by atoms with Crippen molar-refractivity contribution in [1.29, 1.82) is 0 Å². The molecule has 1 aliphatic rings. The molecule has 0 aromatic rings. The summed E-state index contributed by atoms with van der Waals surface area (Å²) < 4.78 is 31.1. The van der Waals surface area contributed by atoms with Gasteiger partial charge >= 0.3 is 7.82 Å². The van der Waals surface area contributed by atoms with Gasteiger partial charge in [-0.3, -0.25) is 13.6 Å². The summed E-state index contributed by atoms with van der Waals surface area (Å²) in [4.78, 5) is 0. The SMILES string of the molecule is CCCCC[C@@H]1O[C@H]1OP(=O)(OC)OC. The van der Waals surface area contributed by atoms with E-state index in [1.54, 1.807) is 0 Å². The summed E-state index contributed by atoms with van der Waals surface area (Å²) in [5.41, 5.74) is 0. The Labute approximate surface area is 90.7 Å². The van der Waals surface area contributed by atoms with Crippen molar-refractivity contribution in [1.82, 2.24) is 0 Å². The van der Waals surface area contributed by atoms with Gasteiger partial charge in [0.1, 0.15) is 6.10 Å². The van der Waals surface area contributed by atoms with Crippen molar-refractivity contribution >= 4 is 7.82 Å². The van der Waals surface area contributed by atoms with Gasteiger partial charge in [0, 0.05) is 14.2 Å². The smallest absolute Gasteiger partial charge is 0.341 e. The lowest BCUT2D eigenvalue weighted by Crippen LogP contribution is -2.01. The van der Waals surface area contributed by atoms with Crippen LogP contribution in [0.3, 0.4) is 0 Å². The van der Waals surface area contributed by atoms with E-state index in [4.69, 9.17) is 9.26 Å². The summed E-state index contributed by atoms with van der Waals surface area (Å²) in [5.74, 6) is 0. The molecule has 1 fully saturated rings. The molecule has 1 heterocycles. The molecule has 2 atom stereocenters. The minimum absolute atomic E-state index is 0.0511. The maximum atomic E-state index is 11.5. The molecule has 0 radical (unpaired) electrons. The number of unbranched alkanes of at least 4 members (excludes halogenated alkanes) is 2. The Morgan fingerprint density at radius 2 is 1.93 bits per heavy atom. The van der Waals surface area contributed by atoms with Crippen LogP contribution in [0.1, 0.15) is 32.6 Å². The average molecular weight is 238 g/mol. The van der Waals surface area contributed by atoms with E-state index in [1.165, 1.54) is 27.1 Å². The lowest BCUT2D eigenvalue weighted by molar-refractivity contribution is 0.0992. The first-order valence-electron chi connectivity index (χ1n) is 5.20. The topological polar surface area (TPSA) is 57.3 Å². The van der Waals surface area contributed by atoms with Crippen LogP contribution >= 0.6 is 7.82 Å². The first-order chi connectivity index (χ1) is 7.15. The van der Waals surface area contributed by atoms with Gasteiger partial charge in [-0.15, -0.1) is 0 Å². The van der Waals surface area contributed by atoms with Gasteiger partial charge in [0.25, 0.3) is 0 Å². The molecule has 5 nitrogen and oxygen atoms in total. The summed E-state index contributed by atoms with van der Waals surface area (Å²) in [6, 6.07) is 0. The van der Waals surface area contributed by atoms with E-state index in [0.717, 1.165) is 12.8 Å². The Hall–Kier alpha value is 0.0700. The van der Waals surface area contributed by atoms with Crippen LogP contribution in [-0.2, 0) is 22.9 Å². The number of rotatable bonds is 8. The molecule has 0 aliphatic carbocycles. The molecular formula is C9H19O5P. The third-order valence-electron chi connectivity index (χ3n) is 2.31. The van der Waals surface area contributed by atoms with Crippen LogP contribution in [0.25, 0.3) is 0 Å². The molecule has 0 aromatic heterocycles. The van der Waals surface area contributed by atoms with Crippen LogP contribution in [0.4, 0.5) is 0 Å². The maximum absolute atomic E-state index is 11.5. The Morgan fingerprint density at radius 1 is 1.27 bits per heavy atom. The van der Waals surface area contributed by atoms with Crippen LogP contribution in [0.15, 0.2) is 0 Å². The first kappa shape index (κ1) is 13.1. The zero-order valence-corrected chi connectivity index (χ0v) is 10.4. The van der Waals surface area contributed by atoms with E-state index in [9.17, 15) is 4.57 Å². The lowest BCUT2D eigenvalue weighted by Gasteiger charge is -2.10. The highest BCUT2D eigenvalue weighted by Gasteiger charge is 2.45. The van der Waals surface area contributed by atoms with Crippen LogP contribution in [0.2, 0.25) is 0 Å². The fraction of sp³-hybridized carbons (Fsp3) is 1.00. The third kappa shape index (κ3) is 4.21. The van der Waals surface area contributed by atoms with Gasteiger partial charge in [0.15, 0.2) is 6.29 Å². The molecule has 0 N–H and O–H groups in total. The Bertz CT molecular complexity index is 225. The van der Waals surface area contributed by atoms with E-state index in [-0.39, 0.29) is 6.10 Å². The lowest BCUT2D eigenvalue weighted by atomic mass is 10.2. The van der Waals surface area contributed by atoms with Crippen molar-refractivity contribution < 1.29 is 22.9 Å². The van der Waals surface area contributed by atoms with Gasteiger partial charge in [-0.1, -0.05) is 26.2 Å². The van der Waals surface area contributed by atoms with Gasteiger partial charge in [-0.2, -0.15) is 0 Å². The van der Waals surface area contributed by atoms with Crippen molar-refractivity contribution in [3.05, 3.63) is 0 Å². The second-order valence-electron chi connectivity index (χ2n) is 3.46. The van der Waals surface area contributed by atoms with Crippen LogP contribution in [0.5, 0.6) is 0 Å². The molecule has 90 valence electrons. The fourth-order valence-electron chi connectivity index (χ4n) is 1.31. The summed E-state index contributed by atoms with van der Waals surface area (Å²) >= 11 is 0. The van der Waals surface area contributed by atoms with E-state index >= 15 is 0 Å². The van der Waals surface area contributed by atoms with Crippen LogP contribution in [-0.4, -0.2) is 26.6 Å². The average Bonchev–Trinajstić information content (AvgIpc) is 2.97. The minimum atomic E-state index is -3.38. The summed E-state index contributed by atoms with van der Waals surface area (Å²) in [6.07, 6.45) is 4.02. The number of hydrogen-bond donors (Lipinski definition) is 0. The summed E-state index contributed by atoms with van der Waals surface area (Å²) in [6.45, 7) is 2.14. The van der Waals surface area contributed by atoms with E-state index in [0.29, 0.717) is 0 Å². The second kappa shape index (κ2) is 5.97. The van der Waals surface area contributed by atoms with Crippen molar-refractivity contribution in [3.8, 4) is 0 Å². The predicted molar refractivity (Wildman–Crippen MR) is 55.5 cm³/mol. The molecule has 15 heavy (non-hydrogen) atoms. The van der Waals surface area contributed by atoms with Crippen molar-refractivity contribution in [2.75, 3.05) is 14.2 Å². The van der Waals surface area contributed by atoms with Crippen molar-refractivity contribution in [2.45, 2.75) is 45.0 Å². The quantitative estimate of drug-likeness (QED) is 0.369. The highest BCUT2D eigenvalue weighted by Crippen LogP contribution is 2.52. The van der Waals surface area contributed by atoms with E-state index < -0.39 is 14.1 Å². The predicted octanol–water partition coefficient (Wildman–Crippen LogP) is 2.71. The zero-order valence-electron chi connectivity index (χ0n) is 9.47. The van der Waals surface area contributed by atoms with E-state index in [2.05, 4.69) is 16.0 Å². The highest BCUT2D eigenvalue weighted by molar-refractivity contribution is 7.48. The number of ether oxygens (including phenoxy) is 1. The normalized spacial score (nSPS) is 25.5. The molecule has 1 aliphatic heterocycles. The van der Waals surface area contributed by atoms with Gasteiger partial charge < -0.3 is 4.74 Å². The molecule has 0 amide bonds. The maximum Gasteiger partial charge on any atom is 0.476 e. The Kier molecular flexibility index (Phi) is 5.23. The number of epoxide rings is 1. The highest BCUT2D eigenvalue weighted by atomic mass is 31.2. The number of phosphoric ester groups is 1. The molecule has 0 spiro atoms. The van der Waals surface area contributed by atoms with E-state index in [1.807, 2.05) is 0 Å². The molecule has 0 aromatic carbocycles. The van der Waals surface area contributed by atoms with Crippen molar-refractivity contribution in [2.24, 2.45) is 0 Å². The molecule has 6 heteroatoms.